The molecular weight excluding hydrogens is 222 g/mol. The van der Waals surface area contributed by atoms with Crippen molar-refractivity contribution in [2.45, 2.75) is 6.54 Å². The zero-order valence-electron chi connectivity index (χ0n) is 11.0. The fraction of sp³-hybridized carbons (Fsp3) is 0.267. The Hall–Kier alpha value is -1.87. The smallest absolute Gasteiger partial charge is 0.129 e. The largest absolute Gasteiger partial charge is 0.356 e. The van der Waals surface area contributed by atoms with Crippen molar-refractivity contribution in [1.29, 1.82) is 0 Å². The maximum atomic E-state index is 4.69. The molecule has 0 saturated heterocycles. The Morgan fingerprint density at radius 3 is 2.89 bits per heavy atom. The number of anilines is 1. The molecule has 3 heteroatoms. The van der Waals surface area contributed by atoms with Gasteiger partial charge in [0.05, 0.1) is 5.52 Å². The molecule has 1 heterocycles. The van der Waals surface area contributed by atoms with Gasteiger partial charge in [-0.05, 0) is 24.7 Å². The first-order valence-electron chi connectivity index (χ1n) is 6.11. The van der Waals surface area contributed by atoms with Gasteiger partial charge in [-0.3, -0.25) is 0 Å². The van der Waals surface area contributed by atoms with Crippen LogP contribution in [0.1, 0.15) is 5.56 Å². The third-order valence-electron chi connectivity index (χ3n) is 2.95. The first-order chi connectivity index (χ1) is 8.76. The molecule has 0 aliphatic carbocycles. The van der Waals surface area contributed by atoms with Gasteiger partial charge in [0.2, 0.25) is 0 Å². The van der Waals surface area contributed by atoms with Crippen LogP contribution in [0.3, 0.4) is 0 Å². The molecule has 0 radical (unpaired) electrons. The van der Waals surface area contributed by atoms with Crippen LogP contribution >= 0.6 is 0 Å². The van der Waals surface area contributed by atoms with Gasteiger partial charge in [0, 0.05) is 25.5 Å². The van der Waals surface area contributed by atoms with Crippen molar-refractivity contribution < 1.29 is 0 Å². The van der Waals surface area contributed by atoms with E-state index in [1.807, 2.05) is 26.2 Å². The summed E-state index contributed by atoms with van der Waals surface area (Å²) in [4.78, 5) is 6.78. The van der Waals surface area contributed by atoms with E-state index >= 15 is 0 Å². The van der Waals surface area contributed by atoms with Crippen molar-refractivity contribution in [2.24, 2.45) is 0 Å². The lowest BCUT2D eigenvalue weighted by molar-refractivity contribution is 0.821. The number of benzene rings is 1. The first-order valence-corrected chi connectivity index (χ1v) is 6.11. The van der Waals surface area contributed by atoms with Gasteiger partial charge in [-0.1, -0.05) is 24.3 Å². The van der Waals surface area contributed by atoms with Crippen LogP contribution in [0.25, 0.3) is 10.9 Å². The number of hydrogen-bond acceptors (Lipinski definition) is 3. The summed E-state index contributed by atoms with van der Waals surface area (Å²) in [5, 5.41) is 4.42. The second-order valence-electron chi connectivity index (χ2n) is 4.36. The van der Waals surface area contributed by atoms with E-state index in [1.165, 1.54) is 10.9 Å². The third kappa shape index (κ3) is 2.51. The molecule has 0 spiro atoms. The standard InChI is InChI=1S/C15H19N3/c1-4-9-18(3)15-10-12(11-16-2)13-7-5-6-8-14(13)17-15/h4-8,10,16H,1,9,11H2,2-3H3. The summed E-state index contributed by atoms with van der Waals surface area (Å²) >= 11 is 0. The summed E-state index contributed by atoms with van der Waals surface area (Å²) < 4.78 is 0. The number of fused-ring (bicyclic) bond motifs is 1. The van der Waals surface area contributed by atoms with Crippen LogP contribution < -0.4 is 10.2 Å². The third-order valence-corrected chi connectivity index (χ3v) is 2.95. The van der Waals surface area contributed by atoms with Crippen LogP contribution in [0, 0.1) is 0 Å². The average Bonchev–Trinajstić information content (AvgIpc) is 2.39. The molecule has 1 aromatic heterocycles. The van der Waals surface area contributed by atoms with Crippen molar-refractivity contribution in [2.75, 3.05) is 25.5 Å². The molecule has 2 aromatic rings. The summed E-state index contributed by atoms with van der Waals surface area (Å²) in [6.07, 6.45) is 1.88. The first kappa shape index (κ1) is 12.6. The lowest BCUT2D eigenvalue weighted by Crippen LogP contribution is -2.18. The van der Waals surface area contributed by atoms with E-state index in [1.54, 1.807) is 0 Å². The maximum absolute atomic E-state index is 4.69. The highest BCUT2D eigenvalue weighted by molar-refractivity contribution is 5.84. The molecule has 1 N–H and O–H groups in total. The number of aromatic nitrogens is 1. The highest BCUT2D eigenvalue weighted by atomic mass is 15.2. The molecule has 0 aliphatic rings. The number of para-hydroxylation sites is 1. The number of hydrogen-bond donors (Lipinski definition) is 1. The maximum Gasteiger partial charge on any atom is 0.129 e. The number of nitrogens with zero attached hydrogens (tertiary/aromatic N) is 2. The lowest BCUT2D eigenvalue weighted by Gasteiger charge is -2.18. The van der Waals surface area contributed by atoms with E-state index in [0.717, 1.165) is 24.4 Å². The zero-order chi connectivity index (χ0) is 13.0. The Kier molecular flexibility index (Phi) is 3.95. The molecule has 18 heavy (non-hydrogen) atoms. The molecule has 0 atom stereocenters. The molecule has 94 valence electrons. The van der Waals surface area contributed by atoms with Crippen LogP contribution in [-0.2, 0) is 6.54 Å². The summed E-state index contributed by atoms with van der Waals surface area (Å²) in [5.41, 5.74) is 2.31. The number of nitrogens with one attached hydrogen (secondary N) is 1. The Morgan fingerprint density at radius 1 is 1.39 bits per heavy atom. The van der Waals surface area contributed by atoms with Gasteiger partial charge in [0.15, 0.2) is 0 Å². The van der Waals surface area contributed by atoms with Gasteiger partial charge in [-0.25, -0.2) is 4.98 Å². The molecule has 3 nitrogen and oxygen atoms in total. The van der Waals surface area contributed by atoms with Gasteiger partial charge in [0.1, 0.15) is 5.82 Å². The second-order valence-corrected chi connectivity index (χ2v) is 4.36. The van der Waals surface area contributed by atoms with Crippen LogP contribution in [0.5, 0.6) is 0 Å². The van der Waals surface area contributed by atoms with E-state index in [2.05, 4.69) is 46.0 Å². The van der Waals surface area contributed by atoms with Crippen molar-refractivity contribution in [3.05, 3.63) is 48.6 Å². The van der Waals surface area contributed by atoms with E-state index in [0.29, 0.717) is 0 Å². The minimum atomic E-state index is 0.796. The fourth-order valence-electron chi connectivity index (χ4n) is 2.05. The second kappa shape index (κ2) is 5.65. The van der Waals surface area contributed by atoms with Gasteiger partial charge < -0.3 is 10.2 Å². The van der Waals surface area contributed by atoms with Gasteiger partial charge in [-0.15, -0.1) is 6.58 Å². The molecule has 0 amide bonds. The van der Waals surface area contributed by atoms with Crippen molar-refractivity contribution >= 4 is 16.7 Å². The Balaban J connectivity index is 2.52. The van der Waals surface area contributed by atoms with Crippen LogP contribution in [0.2, 0.25) is 0 Å². The van der Waals surface area contributed by atoms with Crippen LogP contribution in [0.4, 0.5) is 5.82 Å². The van der Waals surface area contributed by atoms with Gasteiger partial charge in [-0.2, -0.15) is 0 Å². The van der Waals surface area contributed by atoms with E-state index in [-0.39, 0.29) is 0 Å². The topological polar surface area (TPSA) is 28.2 Å². The predicted molar refractivity (Wildman–Crippen MR) is 78.0 cm³/mol. The predicted octanol–water partition coefficient (Wildman–Crippen LogP) is 2.58. The molecule has 0 fully saturated rings. The molecule has 0 saturated carbocycles. The normalized spacial score (nSPS) is 10.6. The van der Waals surface area contributed by atoms with E-state index in [4.69, 9.17) is 0 Å². The highest BCUT2D eigenvalue weighted by Gasteiger charge is 2.07. The van der Waals surface area contributed by atoms with E-state index in [9.17, 15) is 0 Å². The lowest BCUT2D eigenvalue weighted by atomic mass is 10.1. The van der Waals surface area contributed by atoms with Crippen LogP contribution in [-0.4, -0.2) is 25.6 Å². The quantitative estimate of drug-likeness (QED) is 0.815. The Morgan fingerprint density at radius 2 is 2.17 bits per heavy atom. The Labute approximate surface area is 108 Å². The Bertz CT molecular complexity index is 548. The molecule has 0 unspecified atom stereocenters. The summed E-state index contributed by atoms with van der Waals surface area (Å²) in [7, 11) is 3.99. The highest BCUT2D eigenvalue weighted by Crippen LogP contribution is 2.22. The van der Waals surface area contributed by atoms with Crippen LogP contribution in [0.15, 0.2) is 43.0 Å². The summed E-state index contributed by atoms with van der Waals surface area (Å²) in [6, 6.07) is 10.4. The minimum absolute atomic E-state index is 0.796. The van der Waals surface area contributed by atoms with Gasteiger partial charge >= 0.3 is 0 Å². The van der Waals surface area contributed by atoms with Crippen molar-refractivity contribution in [1.82, 2.24) is 10.3 Å². The van der Waals surface area contributed by atoms with Crippen molar-refractivity contribution in [3.8, 4) is 0 Å². The minimum Gasteiger partial charge on any atom is -0.356 e. The molecule has 1 aromatic carbocycles. The number of pyridine rings is 1. The van der Waals surface area contributed by atoms with Crippen molar-refractivity contribution in [3.63, 3.8) is 0 Å². The zero-order valence-corrected chi connectivity index (χ0v) is 11.0. The molecular formula is C15H19N3. The summed E-state index contributed by atoms with van der Waals surface area (Å²) in [6.45, 7) is 5.41. The number of likely N-dealkylation sites (N-methyl/N-ethyl adjacent to an activating group) is 1. The summed E-state index contributed by atoms with van der Waals surface area (Å²) in [5.74, 6) is 0.985. The SMILES string of the molecule is C=CCN(C)c1cc(CNC)c2ccccc2n1. The van der Waals surface area contributed by atoms with Gasteiger partial charge in [0.25, 0.3) is 0 Å². The fourth-order valence-corrected chi connectivity index (χ4v) is 2.05. The molecule has 0 aliphatic heterocycles. The molecule has 2 rings (SSSR count). The van der Waals surface area contributed by atoms with E-state index < -0.39 is 0 Å². The monoisotopic (exact) mass is 241 g/mol. The average molecular weight is 241 g/mol. The number of rotatable bonds is 5. The molecule has 0 bridgehead atoms.